The summed E-state index contributed by atoms with van der Waals surface area (Å²) >= 11 is 0. The molecule has 6 heteroatoms. The van der Waals surface area contributed by atoms with Crippen LogP contribution >= 0.6 is 0 Å². The van der Waals surface area contributed by atoms with E-state index in [4.69, 9.17) is 5.26 Å². The van der Waals surface area contributed by atoms with Crippen molar-refractivity contribution in [2.75, 3.05) is 7.11 Å². The largest absolute Gasteiger partial charge is 0.465 e. The van der Waals surface area contributed by atoms with Gasteiger partial charge < -0.3 is 4.74 Å². The average molecular weight is 229 g/mol. The minimum Gasteiger partial charge on any atom is -0.465 e. The van der Waals surface area contributed by atoms with E-state index in [-0.39, 0.29) is 0 Å². The highest BCUT2D eigenvalue weighted by molar-refractivity contribution is 5.92. The van der Waals surface area contributed by atoms with Crippen LogP contribution in [0.5, 0.6) is 0 Å². The summed E-state index contributed by atoms with van der Waals surface area (Å²) in [4.78, 5) is 11.1. The fourth-order valence-electron chi connectivity index (χ4n) is 1.20. The standard InChI is InChI=1S/C10H6F3NO2/c1-16-10(15)7-3-5(11)2-6(9(12)13)8(7)4-14/h2-3,9H,1H3. The zero-order chi connectivity index (χ0) is 12.3. The summed E-state index contributed by atoms with van der Waals surface area (Å²) in [6.45, 7) is 0. The summed E-state index contributed by atoms with van der Waals surface area (Å²) in [5.74, 6) is -2.05. The number of rotatable bonds is 2. The third-order valence-electron chi connectivity index (χ3n) is 1.89. The number of halogens is 3. The van der Waals surface area contributed by atoms with Crippen molar-refractivity contribution < 1.29 is 22.7 Å². The molecule has 1 aromatic rings. The first-order chi connectivity index (χ1) is 7.51. The molecule has 0 heterocycles. The molecular formula is C10H6F3NO2. The smallest absolute Gasteiger partial charge is 0.339 e. The van der Waals surface area contributed by atoms with Crippen LogP contribution in [0.3, 0.4) is 0 Å². The Kier molecular flexibility index (Phi) is 3.51. The van der Waals surface area contributed by atoms with Crippen molar-refractivity contribution in [1.29, 1.82) is 5.26 Å². The molecule has 0 aliphatic carbocycles. The lowest BCUT2D eigenvalue weighted by Crippen LogP contribution is -2.08. The predicted octanol–water partition coefficient (Wildman–Crippen LogP) is 2.42. The molecule has 0 aliphatic heterocycles. The van der Waals surface area contributed by atoms with Crippen LogP contribution in [-0.4, -0.2) is 13.1 Å². The van der Waals surface area contributed by atoms with E-state index in [1.807, 2.05) is 0 Å². The van der Waals surface area contributed by atoms with Gasteiger partial charge in [-0.3, -0.25) is 0 Å². The molecule has 0 spiro atoms. The lowest BCUT2D eigenvalue weighted by Gasteiger charge is -2.07. The first kappa shape index (κ1) is 12.0. The molecule has 0 fully saturated rings. The van der Waals surface area contributed by atoms with E-state index in [1.165, 1.54) is 6.07 Å². The first-order valence-electron chi connectivity index (χ1n) is 4.11. The Morgan fingerprint density at radius 3 is 2.56 bits per heavy atom. The van der Waals surface area contributed by atoms with Crippen LogP contribution in [0.2, 0.25) is 0 Å². The number of benzene rings is 1. The monoisotopic (exact) mass is 229 g/mol. The molecule has 0 N–H and O–H groups in total. The highest BCUT2D eigenvalue weighted by atomic mass is 19.3. The van der Waals surface area contributed by atoms with E-state index in [2.05, 4.69) is 4.74 Å². The van der Waals surface area contributed by atoms with E-state index in [0.717, 1.165) is 7.11 Å². The zero-order valence-corrected chi connectivity index (χ0v) is 8.13. The highest BCUT2D eigenvalue weighted by Gasteiger charge is 2.22. The summed E-state index contributed by atoms with van der Waals surface area (Å²) in [6, 6.07) is 2.65. The maximum atomic E-state index is 13.0. The van der Waals surface area contributed by atoms with Gasteiger partial charge in [0, 0.05) is 5.56 Å². The van der Waals surface area contributed by atoms with Crippen LogP contribution < -0.4 is 0 Å². The Morgan fingerprint density at radius 1 is 1.50 bits per heavy atom. The van der Waals surface area contributed by atoms with Crippen LogP contribution in [-0.2, 0) is 4.74 Å². The average Bonchev–Trinajstić information content (AvgIpc) is 2.26. The van der Waals surface area contributed by atoms with E-state index in [9.17, 15) is 18.0 Å². The minimum atomic E-state index is -3.03. The molecule has 0 unspecified atom stereocenters. The van der Waals surface area contributed by atoms with Crippen LogP contribution in [0.15, 0.2) is 12.1 Å². The summed E-state index contributed by atoms with van der Waals surface area (Å²) in [6.07, 6.45) is -3.03. The van der Waals surface area contributed by atoms with E-state index >= 15 is 0 Å². The van der Waals surface area contributed by atoms with E-state index in [0.29, 0.717) is 12.1 Å². The second-order valence-corrected chi connectivity index (χ2v) is 2.82. The van der Waals surface area contributed by atoms with Crippen molar-refractivity contribution in [3.8, 4) is 6.07 Å². The summed E-state index contributed by atoms with van der Waals surface area (Å²) in [5.41, 5.74) is -1.88. The zero-order valence-electron chi connectivity index (χ0n) is 8.13. The molecule has 0 aromatic heterocycles. The molecule has 0 saturated heterocycles. The van der Waals surface area contributed by atoms with Gasteiger partial charge in [-0.15, -0.1) is 0 Å². The molecule has 0 amide bonds. The second-order valence-electron chi connectivity index (χ2n) is 2.82. The number of esters is 1. The Hall–Kier alpha value is -2.03. The van der Waals surface area contributed by atoms with Crippen molar-refractivity contribution in [1.82, 2.24) is 0 Å². The molecule has 3 nitrogen and oxygen atoms in total. The van der Waals surface area contributed by atoms with Crippen LogP contribution in [0.25, 0.3) is 0 Å². The number of hydrogen-bond acceptors (Lipinski definition) is 3. The number of alkyl halides is 2. The number of nitrogens with zero attached hydrogens (tertiary/aromatic N) is 1. The van der Waals surface area contributed by atoms with Gasteiger partial charge in [0.2, 0.25) is 0 Å². The molecule has 1 aromatic carbocycles. The van der Waals surface area contributed by atoms with Gasteiger partial charge in [-0.2, -0.15) is 5.26 Å². The summed E-state index contributed by atoms with van der Waals surface area (Å²) in [7, 11) is 1.01. The van der Waals surface area contributed by atoms with Gasteiger partial charge in [0.05, 0.1) is 18.2 Å². The quantitative estimate of drug-likeness (QED) is 0.731. The Morgan fingerprint density at radius 2 is 2.12 bits per heavy atom. The van der Waals surface area contributed by atoms with Crippen molar-refractivity contribution in [3.63, 3.8) is 0 Å². The van der Waals surface area contributed by atoms with Gasteiger partial charge in [-0.1, -0.05) is 0 Å². The topological polar surface area (TPSA) is 50.1 Å². The Bertz CT molecular complexity index is 466. The van der Waals surface area contributed by atoms with Gasteiger partial charge in [-0.25, -0.2) is 18.0 Å². The molecule has 0 bridgehead atoms. The van der Waals surface area contributed by atoms with Crippen molar-refractivity contribution in [2.24, 2.45) is 0 Å². The molecule has 0 aliphatic rings. The normalized spacial score (nSPS) is 10.0. The summed E-state index contributed by atoms with van der Waals surface area (Å²) in [5, 5.41) is 8.67. The van der Waals surface area contributed by atoms with E-state index < -0.39 is 34.9 Å². The van der Waals surface area contributed by atoms with Crippen LogP contribution in [0, 0.1) is 17.1 Å². The molecular weight excluding hydrogens is 223 g/mol. The molecule has 84 valence electrons. The number of hydrogen-bond donors (Lipinski definition) is 0. The Balaban J connectivity index is 3.50. The lowest BCUT2D eigenvalue weighted by molar-refractivity contribution is 0.0599. The van der Waals surface area contributed by atoms with Gasteiger partial charge in [-0.05, 0) is 12.1 Å². The maximum Gasteiger partial charge on any atom is 0.339 e. The fraction of sp³-hybridized carbons (Fsp3) is 0.200. The SMILES string of the molecule is COC(=O)c1cc(F)cc(C(F)F)c1C#N. The third-order valence-corrected chi connectivity index (χ3v) is 1.89. The second kappa shape index (κ2) is 4.66. The van der Waals surface area contributed by atoms with Gasteiger partial charge in [0.1, 0.15) is 11.9 Å². The van der Waals surface area contributed by atoms with Crippen LogP contribution in [0.1, 0.15) is 27.9 Å². The lowest BCUT2D eigenvalue weighted by atomic mass is 10.0. The number of methoxy groups -OCH3 is 1. The third kappa shape index (κ3) is 2.14. The predicted molar refractivity (Wildman–Crippen MR) is 47.4 cm³/mol. The Labute approximate surface area is 89.1 Å². The first-order valence-corrected chi connectivity index (χ1v) is 4.11. The van der Waals surface area contributed by atoms with Crippen LogP contribution in [0.4, 0.5) is 13.2 Å². The van der Waals surface area contributed by atoms with Gasteiger partial charge in [0.25, 0.3) is 6.43 Å². The molecule has 16 heavy (non-hydrogen) atoms. The maximum absolute atomic E-state index is 13.0. The minimum absolute atomic E-state index is 0.500. The highest BCUT2D eigenvalue weighted by Crippen LogP contribution is 2.26. The number of ether oxygens (including phenoxy) is 1. The van der Waals surface area contributed by atoms with Gasteiger partial charge in [0.15, 0.2) is 0 Å². The molecule has 1 rings (SSSR count). The molecule has 0 radical (unpaired) electrons. The van der Waals surface area contributed by atoms with Crippen molar-refractivity contribution in [3.05, 3.63) is 34.6 Å². The van der Waals surface area contributed by atoms with Gasteiger partial charge >= 0.3 is 5.97 Å². The van der Waals surface area contributed by atoms with E-state index in [1.54, 1.807) is 0 Å². The number of carbonyl (C=O) groups is 1. The summed E-state index contributed by atoms with van der Waals surface area (Å²) < 4.78 is 42.2. The molecule has 0 saturated carbocycles. The fourth-order valence-corrected chi connectivity index (χ4v) is 1.20. The van der Waals surface area contributed by atoms with Crippen molar-refractivity contribution >= 4 is 5.97 Å². The molecule has 0 atom stereocenters. The number of nitriles is 1. The van der Waals surface area contributed by atoms with Crippen molar-refractivity contribution in [2.45, 2.75) is 6.43 Å². The number of carbonyl (C=O) groups excluding carboxylic acids is 1.